The highest BCUT2D eigenvalue weighted by atomic mass is 79.9. The number of rotatable bonds is 5. The molecule has 0 aliphatic carbocycles. The first-order valence-corrected chi connectivity index (χ1v) is 5.59. The Morgan fingerprint density at radius 2 is 2.08 bits per heavy atom. The van der Waals surface area contributed by atoms with Gasteiger partial charge in [0.2, 0.25) is 5.91 Å². The lowest BCUT2D eigenvalue weighted by Crippen LogP contribution is -2.39. The third kappa shape index (κ3) is 4.75. The van der Waals surface area contributed by atoms with E-state index in [9.17, 15) is 4.79 Å². The van der Waals surface area contributed by atoms with Gasteiger partial charge in [0.05, 0.1) is 0 Å². The second-order valence-corrected chi connectivity index (χ2v) is 3.97. The second-order valence-electron chi connectivity index (χ2n) is 3.32. The van der Waals surface area contributed by atoms with Crippen LogP contribution in [-0.2, 0) is 4.79 Å². The largest absolute Gasteiger partial charge is 0.352 e. The quantitative estimate of drug-likeness (QED) is 0.729. The maximum absolute atomic E-state index is 11.2. The molecule has 2 nitrogen and oxygen atoms in total. The van der Waals surface area contributed by atoms with Crippen LogP contribution in [0.5, 0.6) is 0 Å². The zero-order chi connectivity index (χ0) is 9.56. The van der Waals surface area contributed by atoms with Crippen molar-refractivity contribution in [2.24, 2.45) is 5.92 Å². The minimum Gasteiger partial charge on any atom is -0.352 e. The molecule has 72 valence electrons. The standard InChI is InChI=1S/C9H18BrNO/c1-4-5-9(12)11-8(6-10)7(2)3/h7-8H,4-6H2,1-3H3,(H,11,12). The third-order valence-electron chi connectivity index (χ3n) is 1.79. The van der Waals surface area contributed by atoms with Crippen molar-refractivity contribution in [2.75, 3.05) is 5.33 Å². The summed E-state index contributed by atoms with van der Waals surface area (Å²) >= 11 is 3.38. The number of hydrogen-bond acceptors (Lipinski definition) is 1. The number of alkyl halides is 1. The van der Waals surface area contributed by atoms with Gasteiger partial charge in [-0.05, 0) is 12.3 Å². The van der Waals surface area contributed by atoms with E-state index < -0.39 is 0 Å². The molecular formula is C9H18BrNO. The minimum absolute atomic E-state index is 0.163. The molecule has 0 aromatic carbocycles. The van der Waals surface area contributed by atoms with E-state index >= 15 is 0 Å². The molecule has 0 rings (SSSR count). The lowest BCUT2D eigenvalue weighted by atomic mass is 10.1. The number of carbonyl (C=O) groups excluding carboxylic acids is 1. The van der Waals surface area contributed by atoms with E-state index in [2.05, 4.69) is 35.1 Å². The zero-order valence-electron chi connectivity index (χ0n) is 8.06. The van der Waals surface area contributed by atoms with Crippen LogP contribution in [0.25, 0.3) is 0 Å². The van der Waals surface area contributed by atoms with Gasteiger partial charge in [-0.25, -0.2) is 0 Å². The molecule has 0 aromatic heterocycles. The number of carbonyl (C=O) groups is 1. The van der Waals surface area contributed by atoms with Crippen LogP contribution in [0.15, 0.2) is 0 Å². The molecule has 0 aliphatic rings. The molecule has 0 aliphatic heterocycles. The number of amides is 1. The van der Waals surface area contributed by atoms with Crippen molar-refractivity contribution in [3.63, 3.8) is 0 Å². The van der Waals surface area contributed by atoms with Crippen LogP contribution in [0, 0.1) is 5.92 Å². The fourth-order valence-electron chi connectivity index (χ4n) is 0.889. The van der Waals surface area contributed by atoms with E-state index in [4.69, 9.17) is 0 Å². The highest BCUT2D eigenvalue weighted by Gasteiger charge is 2.13. The lowest BCUT2D eigenvalue weighted by Gasteiger charge is -2.19. The van der Waals surface area contributed by atoms with Gasteiger partial charge in [0.1, 0.15) is 0 Å². The summed E-state index contributed by atoms with van der Waals surface area (Å²) in [4.78, 5) is 11.2. The summed E-state index contributed by atoms with van der Waals surface area (Å²) in [5.74, 6) is 0.654. The van der Waals surface area contributed by atoms with Gasteiger partial charge in [0.25, 0.3) is 0 Å². The third-order valence-corrected chi connectivity index (χ3v) is 2.49. The molecule has 1 amide bonds. The molecule has 0 aromatic rings. The Balaban J connectivity index is 3.77. The first-order chi connectivity index (χ1) is 5.61. The second kappa shape index (κ2) is 6.46. The van der Waals surface area contributed by atoms with Crippen LogP contribution in [0.1, 0.15) is 33.6 Å². The highest BCUT2D eigenvalue weighted by Crippen LogP contribution is 2.05. The Morgan fingerprint density at radius 1 is 1.50 bits per heavy atom. The molecule has 0 saturated carbocycles. The summed E-state index contributed by atoms with van der Waals surface area (Å²) in [5.41, 5.74) is 0. The normalized spacial score (nSPS) is 13.1. The topological polar surface area (TPSA) is 29.1 Å². The van der Waals surface area contributed by atoms with Crippen molar-refractivity contribution in [1.29, 1.82) is 0 Å². The summed E-state index contributed by atoms with van der Waals surface area (Å²) in [6.45, 7) is 6.23. The summed E-state index contributed by atoms with van der Waals surface area (Å²) in [5, 5.41) is 3.81. The average molecular weight is 236 g/mol. The van der Waals surface area contributed by atoms with Gasteiger partial charge >= 0.3 is 0 Å². The van der Waals surface area contributed by atoms with Crippen molar-refractivity contribution in [3.8, 4) is 0 Å². The molecule has 0 heterocycles. The van der Waals surface area contributed by atoms with E-state index in [1.165, 1.54) is 0 Å². The van der Waals surface area contributed by atoms with Crippen molar-refractivity contribution in [3.05, 3.63) is 0 Å². The van der Waals surface area contributed by atoms with Crippen molar-refractivity contribution >= 4 is 21.8 Å². The molecule has 3 heteroatoms. The van der Waals surface area contributed by atoms with Gasteiger partial charge in [-0.1, -0.05) is 36.7 Å². The smallest absolute Gasteiger partial charge is 0.220 e. The Bertz CT molecular complexity index is 136. The van der Waals surface area contributed by atoms with E-state index in [0.29, 0.717) is 12.3 Å². The molecule has 0 spiro atoms. The van der Waals surface area contributed by atoms with Gasteiger partial charge in [-0.15, -0.1) is 0 Å². The average Bonchev–Trinajstić information content (AvgIpc) is 2.00. The predicted molar refractivity (Wildman–Crippen MR) is 55.5 cm³/mol. The number of hydrogen-bond donors (Lipinski definition) is 1. The van der Waals surface area contributed by atoms with E-state index in [-0.39, 0.29) is 11.9 Å². The van der Waals surface area contributed by atoms with Crippen LogP contribution < -0.4 is 5.32 Å². The minimum atomic E-state index is 0.163. The van der Waals surface area contributed by atoms with E-state index in [1.807, 2.05) is 6.92 Å². The first-order valence-electron chi connectivity index (χ1n) is 4.47. The predicted octanol–water partition coefficient (Wildman–Crippen LogP) is 2.32. The molecule has 12 heavy (non-hydrogen) atoms. The molecule has 1 atom stereocenters. The fourth-order valence-corrected chi connectivity index (χ4v) is 1.80. The molecule has 1 unspecified atom stereocenters. The monoisotopic (exact) mass is 235 g/mol. The lowest BCUT2D eigenvalue weighted by molar-refractivity contribution is -0.121. The van der Waals surface area contributed by atoms with Crippen LogP contribution >= 0.6 is 15.9 Å². The van der Waals surface area contributed by atoms with Crippen LogP contribution in [-0.4, -0.2) is 17.3 Å². The van der Waals surface area contributed by atoms with Crippen molar-refractivity contribution in [1.82, 2.24) is 5.32 Å². The molecule has 0 fully saturated rings. The van der Waals surface area contributed by atoms with Crippen molar-refractivity contribution in [2.45, 2.75) is 39.7 Å². The zero-order valence-corrected chi connectivity index (χ0v) is 9.65. The van der Waals surface area contributed by atoms with Gasteiger partial charge in [0.15, 0.2) is 0 Å². The Labute approximate surface area is 83.2 Å². The molecule has 0 bridgehead atoms. The molecule has 0 saturated heterocycles. The van der Waals surface area contributed by atoms with E-state index in [1.54, 1.807) is 0 Å². The summed E-state index contributed by atoms with van der Waals surface area (Å²) < 4.78 is 0. The van der Waals surface area contributed by atoms with E-state index in [0.717, 1.165) is 11.8 Å². The van der Waals surface area contributed by atoms with Gasteiger partial charge in [-0.2, -0.15) is 0 Å². The molecular weight excluding hydrogens is 218 g/mol. The highest BCUT2D eigenvalue weighted by molar-refractivity contribution is 9.09. The van der Waals surface area contributed by atoms with Crippen molar-refractivity contribution < 1.29 is 4.79 Å². The first kappa shape index (κ1) is 11.9. The maximum Gasteiger partial charge on any atom is 0.220 e. The number of nitrogens with one attached hydrogen (secondary N) is 1. The van der Waals surface area contributed by atoms with Crippen LogP contribution in [0.2, 0.25) is 0 Å². The van der Waals surface area contributed by atoms with Crippen LogP contribution in [0.3, 0.4) is 0 Å². The van der Waals surface area contributed by atoms with Gasteiger partial charge in [0, 0.05) is 17.8 Å². The maximum atomic E-state index is 11.2. The van der Waals surface area contributed by atoms with Gasteiger partial charge in [-0.3, -0.25) is 4.79 Å². The SMILES string of the molecule is CCCC(=O)NC(CBr)C(C)C. The van der Waals surface area contributed by atoms with Crippen LogP contribution in [0.4, 0.5) is 0 Å². The summed E-state index contributed by atoms with van der Waals surface area (Å²) in [6, 6.07) is 0.268. The molecule has 1 N–H and O–H groups in total. The summed E-state index contributed by atoms with van der Waals surface area (Å²) in [7, 11) is 0. The Kier molecular flexibility index (Phi) is 6.44. The Morgan fingerprint density at radius 3 is 2.42 bits per heavy atom. The number of halogens is 1. The fraction of sp³-hybridized carbons (Fsp3) is 0.889. The van der Waals surface area contributed by atoms with Gasteiger partial charge < -0.3 is 5.32 Å². The summed E-state index contributed by atoms with van der Waals surface area (Å²) in [6.07, 6.45) is 1.55. The Hall–Kier alpha value is -0.0500. The molecule has 0 radical (unpaired) electrons.